The summed E-state index contributed by atoms with van der Waals surface area (Å²) >= 11 is 0. The summed E-state index contributed by atoms with van der Waals surface area (Å²) in [5.41, 5.74) is 5.34. The average Bonchev–Trinajstić information content (AvgIpc) is 2.68. The second kappa shape index (κ2) is 26.9. The molecule has 0 aliphatic carbocycles. The molecule has 10 nitrogen and oxygen atoms in total. The lowest BCUT2D eigenvalue weighted by molar-refractivity contribution is -0.139. The van der Waals surface area contributed by atoms with Crippen molar-refractivity contribution >= 4 is 18.2 Å². The first-order valence-corrected chi connectivity index (χ1v) is 10.9. The van der Waals surface area contributed by atoms with E-state index in [-0.39, 0.29) is 0 Å². The van der Waals surface area contributed by atoms with Crippen molar-refractivity contribution in [1.29, 1.82) is 0 Å². The molecule has 0 heterocycles. The maximum Gasteiger partial charge on any atom is 0.404 e. The molecule has 10 heteroatoms. The molecule has 0 rings (SSSR count). The van der Waals surface area contributed by atoms with Gasteiger partial charge < -0.3 is 37.0 Å². The molecule has 0 saturated carbocycles. The molecular formula is C20H44N4O6. The standard InChI is InChI=1S/C10H22N2O2.2C5H11NO2/c1-2-3-8-12-9(10(13)14)6-4-5-7-11;2*1-2-3-4-6-5(7)8/h9,12H,2-8,11H2,1H3,(H,13,14);2*6H,2-4H2,1H3,(H,7,8)/t9-;;/m0../s1. The number of hydrogen-bond donors (Lipinski definition) is 7. The highest BCUT2D eigenvalue weighted by Gasteiger charge is 2.14. The molecule has 1 atom stereocenters. The second-order valence-corrected chi connectivity index (χ2v) is 6.65. The normalized spacial score (nSPS) is 10.5. The predicted octanol–water partition coefficient (Wildman–Crippen LogP) is 3.07. The van der Waals surface area contributed by atoms with E-state index in [0.29, 0.717) is 26.1 Å². The number of hydrogen-bond acceptors (Lipinski definition) is 5. The molecular weight excluding hydrogens is 392 g/mol. The van der Waals surface area contributed by atoms with Crippen molar-refractivity contribution in [2.24, 2.45) is 5.73 Å². The van der Waals surface area contributed by atoms with Gasteiger partial charge >= 0.3 is 18.2 Å². The van der Waals surface area contributed by atoms with Crippen LogP contribution in [0.3, 0.4) is 0 Å². The maximum atomic E-state index is 10.8. The fraction of sp³-hybridized carbons (Fsp3) is 0.850. The van der Waals surface area contributed by atoms with Crippen LogP contribution in [0.5, 0.6) is 0 Å². The van der Waals surface area contributed by atoms with Crippen LogP contribution in [0.4, 0.5) is 9.59 Å². The third kappa shape index (κ3) is 33.5. The van der Waals surface area contributed by atoms with Crippen LogP contribution in [0.1, 0.15) is 78.6 Å². The van der Waals surface area contributed by atoms with Crippen LogP contribution in [0.15, 0.2) is 0 Å². The summed E-state index contributed by atoms with van der Waals surface area (Å²) in [5.74, 6) is -0.752. The molecule has 0 aliphatic rings. The SMILES string of the molecule is CCCCNC(=O)O.CCCCNC(=O)O.CCCCN[C@@H](CCCCN)C(=O)O. The number of carbonyl (C=O) groups is 3. The Kier molecular flexibility index (Phi) is 29.3. The number of nitrogens with one attached hydrogen (secondary N) is 3. The van der Waals surface area contributed by atoms with Crippen molar-refractivity contribution in [3.05, 3.63) is 0 Å². The van der Waals surface area contributed by atoms with Gasteiger partial charge in [0.1, 0.15) is 6.04 Å². The number of nitrogens with two attached hydrogens (primary N) is 1. The lowest BCUT2D eigenvalue weighted by Gasteiger charge is -2.13. The first kappa shape index (κ1) is 32.6. The van der Waals surface area contributed by atoms with Crippen LogP contribution in [-0.2, 0) is 4.79 Å². The van der Waals surface area contributed by atoms with Gasteiger partial charge in [0.05, 0.1) is 0 Å². The Labute approximate surface area is 181 Å². The third-order valence-electron chi connectivity index (χ3n) is 3.78. The van der Waals surface area contributed by atoms with Crippen molar-refractivity contribution in [2.45, 2.75) is 84.6 Å². The summed E-state index contributed by atoms with van der Waals surface area (Å²) < 4.78 is 0. The zero-order valence-corrected chi connectivity index (χ0v) is 18.9. The van der Waals surface area contributed by atoms with E-state index in [1.807, 2.05) is 13.8 Å². The van der Waals surface area contributed by atoms with Gasteiger partial charge in [-0.1, -0.05) is 46.5 Å². The summed E-state index contributed by atoms with van der Waals surface area (Å²) in [6.07, 6.45) is 6.61. The minimum absolute atomic E-state index is 0.395. The van der Waals surface area contributed by atoms with Gasteiger partial charge in [0.2, 0.25) is 0 Å². The molecule has 0 spiro atoms. The Morgan fingerprint density at radius 1 is 0.733 bits per heavy atom. The Balaban J connectivity index is -0.000000391. The van der Waals surface area contributed by atoms with Crippen molar-refractivity contribution in [2.75, 3.05) is 26.2 Å². The van der Waals surface area contributed by atoms with Gasteiger partial charge in [0.15, 0.2) is 0 Å². The Hall–Kier alpha value is -2.07. The number of aliphatic carboxylic acids is 1. The van der Waals surface area contributed by atoms with Crippen LogP contribution in [0.25, 0.3) is 0 Å². The van der Waals surface area contributed by atoms with Gasteiger partial charge in [0.25, 0.3) is 0 Å². The Morgan fingerprint density at radius 3 is 1.50 bits per heavy atom. The minimum atomic E-state index is -0.932. The molecule has 30 heavy (non-hydrogen) atoms. The maximum absolute atomic E-state index is 10.8. The van der Waals surface area contributed by atoms with Gasteiger partial charge in [-0.3, -0.25) is 4.79 Å². The number of unbranched alkanes of at least 4 members (excludes halogenated alkanes) is 4. The van der Waals surface area contributed by atoms with Crippen LogP contribution in [-0.4, -0.2) is 65.7 Å². The van der Waals surface area contributed by atoms with E-state index in [2.05, 4.69) is 22.9 Å². The molecule has 0 aromatic carbocycles. The van der Waals surface area contributed by atoms with E-state index in [4.69, 9.17) is 21.1 Å². The molecule has 0 aromatic heterocycles. The van der Waals surface area contributed by atoms with Crippen molar-refractivity contribution in [3.63, 3.8) is 0 Å². The van der Waals surface area contributed by atoms with Crippen LogP contribution in [0, 0.1) is 0 Å². The smallest absolute Gasteiger partial charge is 0.404 e. The Bertz CT molecular complexity index is 381. The summed E-state index contributed by atoms with van der Waals surface area (Å²) in [6.45, 7) is 8.70. The van der Waals surface area contributed by atoms with Crippen LogP contribution in [0.2, 0.25) is 0 Å². The van der Waals surface area contributed by atoms with Crippen molar-refractivity contribution < 1.29 is 29.7 Å². The first-order chi connectivity index (χ1) is 14.3. The van der Waals surface area contributed by atoms with E-state index >= 15 is 0 Å². The summed E-state index contributed by atoms with van der Waals surface area (Å²) in [4.78, 5) is 30.3. The summed E-state index contributed by atoms with van der Waals surface area (Å²) in [5, 5.41) is 32.5. The van der Waals surface area contributed by atoms with Gasteiger partial charge in [-0.2, -0.15) is 0 Å². The van der Waals surface area contributed by atoms with E-state index in [1.165, 1.54) is 0 Å². The van der Waals surface area contributed by atoms with Gasteiger partial charge in [-0.15, -0.1) is 0 Å². The van der Waals surface area contributed by atoms with Gasteiger partial charge in [0, 0.05) is 13.1 Å². The van der Waals surface area contributed by atoms with Crippen molar-refractivity contribution in [3.8, 4) is 0 Å². The second-order valence-electron chi connectivity index (χ2n) is 6.65. The highest BCUT2D eigenvalue weighted by Crippen LogP contribution is 2.01. The molecule has 8 N–H and O–H groups in total. The molecule has 0 aromatic rings. The van der Waals surface area contributed by atoms with E-state index in [9.17, 15) is 14.4 Å². The lowest BCUT2D eigenvalue weighted by atomic mass is 10.1. The zero-order valence-electron chi connectivity index (χ0n) is 18.9. The van der Waals surface area contributed by atoms with Crippen LogP contribution < -0.4 is 21.7 Å². The predicted molar refractivity (Wildman–Crippen MR) is 119 cm³/mol. The highest BCUT2D eigenvalue weighted by molar-refractivity contribution is 5.73. The monoisotopic (exact) mass is 436 g/mol. The summed E-state index contributed by atoms with van der Waals surface area (Å²) in [7, 11) is 0. The van der Waals surface area contributed by atoms with Crippen molar-refractivity contribution in [1.82, 2.24) is 16.0 Å². The highest BCUT2D eigenvalue weighted by atomic mass is 16.4. The van der Waals surface area contributed by atoms with E-state index < -0.39 is 24.2 Å². The largest absolute Gasteiger partial charge is 0.480 e. The minimum Gasteiger partial charge on any atom is -0.480 e. The number of carboxylic acids is 1. The van der Waals surface area contributed by atoms with E-state index in [1.54, 1.807) is 0 Å². The molecule has 0 unspecified atom stereocenters. The van der Waals surface area contributed by atoms with E-state index in [0.717, 1.165) is 57.9 Å². The first-order valence-electron chi connectivity index (χ1n) is 10.9. The molecule has 0 bridgehead atoms. The number of amides is 2. The Morgan fingerprint density at radius 2 is 1.17 bits per heavy atom. The summed E-state index contributed by atoms with van der Waals surface area (Å²) in [6, 6.07) is -0.395. The number of carboxylic acid groups (broad SMARTS) is 3. The molecule has 0 aliphatic heterocycles. The lowest BCUT2D eigenvalue weighted by Crippen LogP contribution is -2.37. The third-order valence-corrected chi connectivity index (χ3v) is 3.78. The molecule has 0 fully saturated rings. The van der Waals surface area contributed by atoms with Gasteiger partial charge in [-0.05, 0) is 45.2 Å². The van der Waals surface area contributed by atoms with Crippen LogP contribution >= 0.6 is 0 Å². The molecule has 0 radical (unpaired) electrons. The number of rotatable bonds is 15. The average molecular weight is 437 g/mol. The van der Waals surface area contributed by atoms with Gasteiger partial charge in [-0.25, -0.2) is 9.59 Å². The molecule has 180 valence electrons. The molecule has 2 amide bonds. The zero-order chi connectivity index (χ0) is 23.6. The topological polar surface area (TPSA) is 174 Å². The quantitative estimate of drug-likeness (QED) is 0.192. The fourth-order valence-corrected chi connectivity index (χ4v) is 2.00. The fourth-order valence-electron chi connectivity index (χ4n) is 2.00. The molecule has 0 saturated heterocycles.